The minimum atomic E-state index is -4.33. The Morgan fingerprint density at radius 2 is 2.00 bits per heavy atom. The molecule has 2 unspecified atom stereocenters. The van der Waals surface area contributed by atoms with E-state index in [1.54, 1.807) is 12.1 Å². The molecule has 1 aromatic rings. The molecule has 0 radical (unpaired) electrons. The van der Waals surface area contributed by atoms with Crippen LogP contribution >= 0.6 is 15.9 Å². The van der Waals surface area contributed by atoms with Crippen LogP contribution in [0.25, 0.3) is 0 Å². The van der Waals surface area contributed by atoms with Gasteiger partial charge in [0, 0.05) is 35.3 Å². The summed E-state index contributed by atoms with van der Waals surface area (Å²) in [4.78, 5) is 4.34. The normalized spacial score (nSPS) is 27.0. The van der Waals surface area contributed by atoms with E-state index < -0.39 is 11.7 Å². The lowest BCUT2D eigenvalue weighted by atomic mass is 10.0. The van der Waals surface area contributed by atoms with E-state index >= 15 is 0 Å². The van der Waals surface area contributed by atoms with Gasteiger partial charge in [0.15, 0.2) is 0 Å². The Labute approximate surface area is 131 Å². The smallest absolute Gasteiger partial charge is 0.365 e. The van der Waals surface area contributed by atoms with Crippen LogP contribution in [0.15, 0.2) is 22.7 Å². The van der Waals surface area contributed by atoms with E-state index in [1.165, 1.54) is 6.07 Å². The molecule has 0 aromatic heterocycles. The number of rotatable bonds is 1. The maximum atomic E-state index is 13.3. The average Bonchev–Trinajstić information content (AvgIpc) is 2.84. The number of piperazine rings is 1. The number of hydrogen-bond acceptors (Lipinski definition) is 2. The van der Waals surface area contributed by atoms with Gasteiger partial charge in [0.2, 0.25) is 0 Å². The summed E-state index contributed by atoms with van der Waals surface area (Å²) in [6.07, 6.45) is -2.09. The number of benzene rings is 1. The summed E-state index contributed by atoms with van der Waals surface area (Å²) in [6, 6.07) is 4.96. The number of alkyl halides is 3. The lowest BCUT2D eigenvalue weighted by Gasteiger charge is -2.44. The zero-order chi connectivity index (χ0) is 15.2. The van der Waals surface area contributed by atoms with Crippen LogP contribution in [0.1, 0.15) is 25.3 Å². The zero-order valence-electron chi connectivity index (χ0n) is 11.8. The van der Waals surface area contributed by atoms with Gasteiger partial charge in [0.05, 0.1) is 5.56 Å². The SMILES string of the molecule is CC1CN2CCCC2CN1c1ccc(Br)cc1C(F)(F)F. The Kier molecular flexibility index (Phi) is 3.94. The molecule has 6 heteroatoms. The van der Waals surface area contributed by atoms with E-state index in [4.69, 9.17) is 0 Å². The minimum absolute atomic E-state index is 0.0987. The molecule has 0 aliphatic carbocycles. The Hall–Kier alpha value is -0.750. The molecule has 2 saturated heterocycles. The summed E-state index contributed by atoms with van der Waals surface area (Å²) in [5.74, 6) is 0. The van der Waals surface area contributed by atoms with Gasteiger partial charge < -0.3 is 4.90 Å². The van der Waals surface area contributed by atoms with Crippen LogP contribution in [0.3, 0.4) is 0 Å². The third kappa shape index (κ3) is 2.93. The molecule has 116 valence electrons. The Bertz CT molecular complexity index is 532. The second kappa shape index (κ2) is 5.47. The topological polar surface area (TPSA) is 6.48 Å². The van der Waals surface area contributed by atoms with Crippen LogP contribution in [-0.2, 0) is 6.18 Å². The fourth-order valence-electron chi connectivity index (χ4n) is 3.51. The van der Waals surface area contributed by atoms with Gasteiger partial charge in [-0.1, -0.05) is 15.9 Å². The van der Waals surface area contributed by atoms with Gasteiger partial charge in [0.25, 0.3) is 0 Å². The molecule has 0 N–H and O–H groups in total. The van der Waals surface area contributed by atoms with Gasteiger partial charge in [-0.25, -0.2) is 0 Å². The molecular formula is C15H18BrF3N2. The summed E-state index contributed by atoms with van der Waals surface area (Å²) < 4.78 is 40.4. The van der Waals surface area contributed by atoms with Crippen molar-refractivity contribution in [2.45, 2.75) is 38.0 Å². The molecule has 3 rings (SSSR count). The molecule has 1 aromatic carbocycles. The molecule has 2 atom stereocenters. The van der Waals surface area contributed by atoms with Crippen molar-refractivity contribution < 1.29 is 13.2 Å². The second-order valence-electron chi connectivity index (χ2n) is 5.95. The van der Waals surface area contributed by atoms with E-state index in [2.05, 4.69) is 20.8 Å². The van der Waals surface area contributed by atoms with E-state index in [1.807, 2.05) is 11.8 Å². The molecule has 2 nitrogen and oxygen atoms in total. The van der Waals surface area contributed by atoms with Crippen LogP contribution in [-0.4, -0.2) is 36.6 Å². The third-order valence-corrected chi connectivity index (χ3v) is 5.00. The number of halogens is 4. The largest absolute Gasteiger partial charge is 0.418 e. The first kappa shape index (κ1) is 15.2. The summed E-state index contributed by atoms with van der Waals surface area (Å²) in [5, 5.41) is 0. The van der Waals surface area contributed by atoms with Crippen molar-refractivity contribution in [3.05, 3.63) is 28.2 Å². The number of anilines is 1. The summed E-state index contributed by atoms with van der Waals surface area (Å²) >= 11 is 3.15. The van der Waals surface area contributed by atoms with E-state index in [-0.39, 0.29) is 6.04 Å². The average molecular weight is 363 g/mol. The highest BCUT2D eigenvalue weighted by molar-refractivity contribution is 9.10. The van der Waals surface area contributed by atoms with E-state index in [0.29, 0.717) is 22.7 Å². The maximum Gasteiger partial charge on any atom is 0.418 e. The third-order valence-electron chi connectivity index (χ3n) is 4.51. The maximum absolute atomic E-state index is 13.3. The van der Waals surface area contributed by atoms with Crippen LogP contribution in [0, 0.1) is 0 Å². The highest BCUT2D eigenvalue weighted by Crippen LogP contribution is 2.40. The first-order valence-corrected chi connectivity index (χ1v) is 8.03. The molecule has 2 heterocycles. The number of hydrogen-bond donors (Lipinski definition) is 0. The summed E-state index contributed by atoms with van der Waals surface area (Å²) in [6.45, 7) is 4.62. The Balaban J connectivity index is 1.96. The van der Waals surface area contributed by atoms with Gasteiger partial charge in [-0.2, -0.15) is 13.2 Å². The molecule has 2 aliphatic heterocycles. The zero-order valence-corrected chi connectivity index (χ0v) is 13.4. The molecule has 2 aliphatic rings. The Morgan fingerprint density at radius 3 is 2.71 bits per heavy atom. The van der Waals surface area contributed by atoms with Gasteiger partial charge in [0.1, 0.15) is 0 Å². The van der Waals surface area contributed by atoms with Crippen molar-refractivity contribution in [1.29, 1.82) is 0 Å². The van der Waals surface area contributed by atoms with Gasteiger partial charge >= 0.3 is 6.18 Å². The predicted octanol–water partition coefficient (Wildman–Crippen LogP) is 4.14. The lowest BCUT2D eigenvalue weighted by Crippen LogP contribution is -2.55. The summed E-state index contributed by atoms with van der Waals surface area (Å²) in [7, 11) is 0. The number of fused-ring (bicyclic) bond motifs is 1. The molecule has 2 fully saturated rings. The van der Waals surface area contributed by atoms with Gasteiger partial charge in [-0.3, -0.25) is 4.90 Å². The van der Waals surface area contributed by atoms with Crippen molar-refractivity contribution in [2.75, 3.05) is 24.5 Å². The van der Waals surface area contributed by atoms with Crippen molar-refractivity contribution >= 4 is 21.6 Å². The van der Waals surface area contributed by atoms with E-state index in [9.17, 15) is 13.2 Å². The molecule has 0 spiro atoms. The Morgan fingerprint density at radius 1 is 1.24 bits per heavy atom. The van der Waals surface area contributed by atoms with Crippen molar-refractivity contribution in [1.82, 2.24) is 4.90 Å². The van der Waals surface area contributed by atoms with Gasteiger partial charge in [-0.05, 0) is 44.5 Å². The van der Waals surface area contributed by atoms with Crippen LogP contribution in [0.4, 0.5) is 18.9 Å². The fraction of sp³-hybridized carbons (Fsp3) is 0.600. The van der Waals surface area contributed by atoms with Crippen molar-refractivity contribution in [3.63, 3.8) is 0 Å². The van der Waals surface area contributed by atoms with E-state index in [0.717, 1.165) is 25.9 Å². The van der Waals surface area contributed by atoms with Crippen molar-refractivity contribution in [2.24, 2.45) is 0 Å². The molecular weight excluding hydrogens is 345 g/mol. The van der Waals surface area contributed by atoms with Crippen molar-refractivity contribution in [3.8, 4) is 0 Å². The highest BCUT2D eigenvalue weighted by Gasteiger charge is 2.39. The minimum Gasteiger partial charge on any atom is -0.365 e. The van der Waals surface area contributed by atoms with Gasteiger partial charge in [-0.15, -0.1) is 0 Å². The first-order valence-electron chi connectivity index (χ1n) is 7.23. The molecule has 0 bridgehead atoms. The number of nitrogens with zero attached hydrogens (tertiary/aromatic N) is 2. The standard InChI is InChI=1S/C15H18BrF3N2/c1-10-8-20-6-2-3-12(20)9-21(10)14-5-4-11(16)7-13(14)15(17,18)19/h4-5,7,10,12H,2-3,6,8-9H2,1H3. The monoisotopic (exact) mass is 362 g/mol. The predicted molar refractivity (Wildman–Crippen MR) is 80.5 cm³/mol. The highest BCUT2D eigenvalue weighted by atomic mass is 79.9. The van der Waals surface area contributed by atoms with Crippen LogP contribution in [0.2, 0.25) is 0 Å². The van der Waals surface area contributed by atoms with Crippen LogP contribution < -0.4 is 4.90 Å². The second-order valence-corrected chi connectivity index (χ2v) is 6.87. The lowest BCUT2D eigenvalue weighted by molar-refractivity contribution is -0.137. The molecule has 21 heavy (non-hydrogen) atoms. The summed E-state index contributed by atoms with van der Waals surface area (Å²) in [5.41, 5.74) is -0.236. The molecule has 0 amide bonds. The van der Waals surface area contributed by atoms with Crippen LogP contribution in [0.5, 0.6) is 0 Å². The fourth-order valence-corrected chi connectivity index (χ4v) is 3.87. The first-order chi connectivity index (χ1) is 9.86. The molecule has 0 saturated carbocycles. The quantitative estimate of drug-likeness (QED) is 0.740.